The van der Waals surface area contributed by atoms with Crippen molar-refractivity contribution in [3.63, 3.8) is 0 Å². The number of anilines is 1. The maximum absolute atomic E-state index is 12.2. The molecule has 0 atom stereocenters. The smallest absolute Gasteiger partial charge is 0.231 e. The van der Waals surface area contributed by atoms with Gasteiger partial charge in [-0.2, -0.15) is 0 Å². The van der Waals surface area contributed by atoms with Gasteiger partial charge in [-0.1, -0.05) is 18.2 Å². The number of hydrogen-bond acceptors (Lipinski definition) is 5. The lowest BCUT2D eigenvalue weighted by Gasteiger charge is -2.17. The van der Waals surface area contributed by atoms with Crippen molar-refractivity contribution in [3.05, 3.63) is 53.6 Å². The fourth-order valence-corrected chi connectivity index (χ4v) is 3.05. The highest BCUT2D eigenvalue weighted by Crippen LogP contribution is 2.32. The molecular formula is C21H24N2O4. The Morgan fingerprint density at radius 1 is 1.11 bits per heavy atom. The number of nitrogens with one attached hydrogen (secondary N) is 1. The lowest BCUT2D eigenvalue weighted by atomic mass is 10.1. The lowest BCUT2D eigenvalue weighted by molar-refractivity contribution is -0.116. The first-order chi connectivity index (χ1) is 13.0. The van der Waals surface area contributed by atoms with Crippen LogP contribution in [0, 0.1) is 0 Å². The molecular weight excluding hydrogens is 344 g/mol. The summed E-state index contributed by atoms with van der Waals surface area (Å²) in [5.41, 5.74) is 2.25. The van der Waals surface area contributed by atoms with Crippen molar-refractivity contribution in [2.24, 2.45) is 0 Å². The summed E-state index contributed by atoms with van der Waals surface area (Å²) in [4.78, 5) is 26.0. The van der Waals surface area contributed by atoms with Gasteiger partial charge in [0.2, 0.25) is 12.7 Å². The monoisotopic (exact) mass is 368 g/mol. The number of fused-ring (bicyclic) bond motifs is 1. The fraction of sp³-hybridized carbons (Fsp3) is 0.333. The molecule has 27 heavy (non-hydrogen) atoms. The van der Waals surface area contributed by atoms with Crippen LogP contribution < -0.4 is 14.8 Å². The first-order valence-corrected chi connectivity index (χ1v) is 9.00. The number of nitrogens with zero attached hydrogens (tertiary/aromatic N) is 1. The van der Waals surface area contributed by atoms with E-state index in [9.17, 15) is 9.59 Å². The molecule has 142 valence electrons. The topological polar surface area (TPSA) is 67.9 Å². The van der Waals surface area contributed by atoms with Gasteiger partial charge in [-0.05, 0) is 56.8 Å². The number of Topliss-reactive ketones (excluding diaryl/α,β-unsaturated/α-hetero) is 1. The van der Waals surface area contributed by atoms with Crippen molar-refractivity contribution in [2.75, 3.05) is 25.7 Å². The summed E-state index contributed by atoms with van der Waals surface area (Å²) in [6.45, 7) is 3.33. The lowest BCUT2D eigenvalue weighted by Crippen LogP contribution is -2.21. The molecule has 6 nitrogen and oxygen atoms in total. The summed E-state index contributed by atoms with van der Waals surface area (Å²) in [6.07, 6.45) is 1.13. The molecule has 1 aliphatic rings. The van der Waals surface area contributed by atoms with Gasteiger partial charge in [0, 0.05) is 18.5 Å². The summed E-state index contributed by atoms with van der Waals surface area (Å²) < 4.78 is 10.7. The van der Waals surface area contributed by atoms with Crippen LogP contribution in [-0.2, 0) is 11.3 Å². The third-order valence-electron chi connectivity index (χ3n) is 4.41. The fourth-order valence-electron chi connectivity index (χ4n) is 3.05. The number of benzene rings is 2. The molecule has 1 aliphatic heterocycles. The summed E-state index contributed by atoms with van der Waals surface area (Å²) in [7, 11) is 2.02. The molecule has 0 spiro atoms. The number of hydrogen-bond donors (Lipinski definition) is 1. The summed E-state index contributed by atoms with van der Waals surface area (Å²) in [5, 5.41) is 2.83. The quantitative estimate of drug-likeness (QED) is 0.723. The van der Waals surface area contributed by atoms with Crippen LogP contribution in [0.25, 0.3) is 0 Å². The number of ether oxygens (including phenoxy) is 2. The Morgan fingerprint density at radius 2 is 1.89 bits per heavy atom. The number of ketones is 1. The van der Waals surface area contributed by atoms with Crippen molar-refractivity contribution in [2.45, 2.75) is 26.3 Å². The molecule has 0 fully saturated rings. The Balaban J connectivity index is 1.44. The highest BCUT2D eigenvalue weighted by Gasteiger charge is 2.14. The van der Waals surface area contributed by atoms with Gasteiger partial charge >= 0.3 is 0 Å². The standard InChI is InChI=1S/C21H24N2O4/c1-15(24)17-6-3-4-7-18(17)22-21(25)8-5-11-23(2)13-16-9-10-19-20(12-16)27-14-26-19/h3-4,6-7,9-10,12H,5,8,11,13-14H2,1-2H3,(H,22,25). The SMILES string of the molecule is CC(=O)c1ccccc1NC(=O)CCCN(C)Cc1ccc2c(c1)OCO2. The Kier molecular flexibility index (Phi) is 6.08. The molecule has 1 amide bonds. The number of carbonyl (C=O) groups is 2. The van der Waals surface area contributed by atoms with Gasteiger partial charge < -0.3 is 19.7 Å². The van der Waals surface area contributed by atoms with Crippen LogP contribution in [-0.4, -0.2) is 37.0 Å². The first kappa shape index (κ1) is 18.9. The molecule has 1 N–H and O–H groups in total. The Bertz CT molecular complexity index is 835. The van der Waals surface area contributed by atoms with E-state index in [4.69, 9.17) is 9.47 Å². The predicted molar refractivity (Wildman–Crippen MR) is 103 cm³/mol. The summed E-state index contributed by atoms with van der Waals surface area (Å²) >= 11 is 0. The number of para-hydroxylation sites is 1. The number of carbonyl (C=O) groups excluding carboxylic acids is 2. The van der Waals surface area contributed by atoms with E-state index in [0.717, 1.165) is 36.6 Å². The van der Waals surface area contributed by atoms with Gasteiger partial charge in [-0.15, -0.1) is 0 Å². The van der Waals surface area contributed by atoms with Crippen molar-refractivity contribution >= 4 is 17.4 Å². The zero-order chi connectivity index (χ0) is 19.2. The maximum atomic E-state index is 12.2. The van der Waals surface area contributed by atoms with Crippen molar-refractivity contribution < 1.29 is 19.1 Å². The Hall–Kier alpha value is -2.86. The molecule has 0 radical (unpaired) electrons. The summed E-state index contributed by atoms with van der Waals surface area (Å²) in [6, 6.07) is 13.0. The van der Waals surface area contributed by atoms with Crippen molar-refractivity contribution in [3.8, 4) is 11.5 Å². The van der Waals surface area contributed by atoms with Crippen LogP contribution in [0.1, 0.15) is 35.7 Å². The largest absolute Gasteiger partial charge is 0.454 e. The van der Waals surface area contributed by atoms with E-state index in [2.05, 4.69) is 10.2 Å². The van der Waals surface area contributed by atoms with Crippen LogP contribution in [0.15, 0.2) is 42.5 Å². The van der Waals surface area contributed by atoms with Gasteiger partial charge in [0.05, 0.1) is 5.69 Å². The molecule has 2 aromatic rings. The molecule has 1 heterocycles. The van der Waals surface area contributed by atoms with Gasteiger partial charge in [0.15, 0.2) is 17.3 Å². The second-order valence-electron chi connectivity index (χ2n) is 6.68. The van der Waals surface area contributed by atoms with Crippen LogP contribution in [0.3, 0.4) is 0 Å². The predicted octanol–water partition coefficient (Wildman–Crippen LogP) is 3.47. The van der Waals surface area contributed by atoms with Crippen LogP contribution in [0.5, 0.6) is 11.5 Å². The second-order valence-corrected chi connectivity index (χ2v) is 6.68. The highest BCUT2D eigenvalue weighted by atomic mass is 16.7. The maximum Gasteiger partial charge on any atom is 0.231 e. The molecule has 6 heteroatoms. The molecule has 3 rings (SSSR count). The minimum Gasteiger partial charge on any atom is -0.454 e. The van der Waals surface area contributed by atoms with Gasteiger partial charge in [0.1, 0.15) is 0 Å². The normalized spacial score (nSPS) is 12.3. The van der Waals surface area contributed by atoms with Crippen LogP contribution >= 0.6 is 0 Å². The number of rotatable bonds is 8. The number of amides is 1. The zero-order valence-corrected chi connectivity index (χ0v) is 15.7. The molecule has 2 aromatic carbocycles. The zero-order valence-electron chi connectivity index (χ0n) is 15.7. The molecule has 0 saturated heterocycles. The molecule has 0 unspecified atom stereocenters. The van der Waals surface area contributed by atoms with Crippen LogP contribution in [0.2, 0.25) is 0 Å². The van der Waals surface area contributed by atoms with Crippen molar-refractivity contribution in [1.29, 1.82) is 0 Å². The van der Waals surface area contributed by atoms with Crippen molar-refractivity contribution in [1.82, 2.24) is 4.90 Å². The Morgan fingerprint density at radius 3 is 2.70 bits per heavy atom. The van der Waals surface area contributed by atoms with Gasteiger partial charge in [-0.25, -0.2) is 0 Å². The highest BCUT2D eigenvalue weighted by molar-refractivity contribution is 6.03. The minimum atomic E-state index is -0.0832. The second kappa shape index (κ2) is 8.68. The van der Waals surface area contributed by atoms with E-state index in [1.165, 1.54) is 6.92 Å². The Labute approximate surface area is 159 Å². The average Bonchev–Trinajstić information content (AvgIpc) is 3.09. The van der Waals surface area contributed by atoms with E-state index >= 15 is 0 Å². The van der Waals surface area contributed by atoms with E-state index < -0.39 is 0 Å². The van der Waals surface area contributed by atoms with Gasteiger partial charge in [0.25, 0.3) is 0 Å². The average molecular weight is 368 g/mol. The molecule has 0 saturated carbocycles. The van der Waals surface area contributed by atoms with E-state index in [-0.39, 0.29) is 18.5 Å². The minimum absolute atomic E-state index is 0.0608. The van der Waals surface area contributed by atoms with Gasteiger partial charge in [-0.3, -0.25) is 9.59 Å². The summed E-state index contributed by atoms with van der Waals surface area (Å²) in [5.74, 6) is 1.42. The van der Waals surface area contributed by atoms with E-state index in [1.54, 1.807) is 24.3 Å². The van der Waals surface area contributed by atoms with E-state index in [0.29, 0.717) is 17.7 Å². The third-order valence-corrected chi connectivity index (χ3v) is 4.41. The van der Waals surface area contributed by atoms with E-state index in [1.807, 2.05) is 25.2 Å². The molecule has 0 aromatic heterocycles. The van der Waals surface area contributed by atoms with Crippen LogP contribution in [0.4, 0.5) is 5.69 Å². The first-order valence-electron chi connectivity index (χ1n) is 9.00. The third kappa shape index (κ3) is 5.08. The molecule has 0 aliphatic carbocycles. The molecule has 0 bridgehead atoms.